The van der Waals surface area contributed by atoms with Crippen molar-refractivity contribution in [2.24, 2.45) is 5.10 Å². The summed E-state index contributed by atoms with van der Waals surface area (Å²) in [7, 11) is 0. The first-order valence-electron chi connectivity index (χ1n) is 13.0. The van der Waals surface area contributed by atoms with E-state index in [9.17, 15) is 9.90 Å². The fourth-order valence-corrected chi connectivity index (χ4v) is 4.72. The first-order chi connectivity index (χ1) is 19.2. The number of rotatable bonds is 9. The van der Waals surface area contributed by atoms with Crippen molar-refractivity contribution in [1.82, 2.24) is 5.43 Å². The van der Waals surface area contributed by atoms with Crippen LogP contribution >= 0.6 is 0 Å². The molecule has 5 aromatic carbocycles. The second kappa shape index (κ2) is 12.5. The van der Waals surface area contributed by atoms with Crippen molar-refractivity contribution in [2.75, 3.05) is 0 Å². The van der Waals surface area contributed by atoms with E-state index in [1.807, 2.05) is 54.6 Å². The molecule has 0 bridgehead atoms. The van der Waals surface area contributed by atoms with Gasteiger partial charge < -0.3 is 5.11 Å². The van der Waals surface area contributed by atoms with Gasteiger partial charge in [-0.1, -0.05) is 103 Å². The summed E-state index contributed by atoms with van der Waals surface area (Å²) in [5.41, 5.74) is 10.8. The maximum atomic E-state index is 13.3. The SMILES string of the molecule is O=C(NN=Cc1ccccc1O)c1cc(Cc2ccccc2)c(Cc2ccccc2)c(Cc2ccccc2)c1. The number of benzene rings is 5. The summed E-state index contributed by atoms with van der Waals surface area (Å²) in [6.07, 6.45) is 3.66. The monoisotopic (exact) mass is 510 g/mol. The number of carbonyl (C=O) groups is 1. The lowest BCUT2D eigenvalue weighted by molar-refractivity contribution is 0.0955. The van der Waals surface area contributed by atoms with E-state index in [-0.39, 0.29) is 11.7 Å². The molecule has 0 radical (unpaired) electrons. The minimum Gasteiger partial charge on any atom is -0.507 e. The van der Waals surface area contributed by atoms with Gasteiger partial charge in [0.25, 0.3) is 5.91 Å². The molecule has 0 saturated carbocycles. The number of para-hydroxylation sites is 1. The Labute approximate surface area is 229 Å². The molecule has 4 heteroatoms. The van der Waals surface area contributed by atoms with Gasteiger partial charge in [-0.2, -0.15) is 5.10 Å². The first-order valence-corrected chi connectivity index (χ1v) is 13.0. The minimum absolute atomic E-state index is 0.107. The Morgan fingerprint density at radius 1 is 0.641 bits per heavy atom. The topological polar surface area (TPSA) is 61.7 Å². The van der Waals surface area contributed by atoms with Gasteiger partial charge in [-0.05, 0) is 76.9 Å². The molecular weight excluding hydrogens is 480 g/mol. The van der Waals surface area contributed by atoms with Gasteiger partial charge in [0.05, 0.1) is 6.21 Å². The standard InChI is InChI=1S/C35H30N2O2/c38-34-19-11-10-18-29(34)25-36-37-35(39)32-23-30(20-26-12-4-1-5-13-26)33(22-28-16-8-3-9-17-28)31(24-32)21-27-14-6-2-7-15-27/h1-19,23-25,38H,20-22H2,(H,37,39). The molecule has 0 saturated heterocycles. The highest BCUT2D eigenvalue weighted by Crippen LogP contribution is 2.26. The predicted molar refractivity (Wildman–Crippen MR) is 157 cm³/mol. The Kier molecular flexibility index (Phi) is 8.25. The van der Waals surface area contributed by atoms with Crippen LogP contribution < -0.4 is 5.43 Å². The van der Waals surface area contributed by atoms with Crippen molar-refractivity contribution in [1.29, 1.82) is 0 Å². The molecule has 0 atom stereocenters. The maximum Gasteiger partial charge on any atom is 0.271 e. The highest BCUT2D eigenvalue weighted by atomic mass is 16.3. The number of nitrogens with zero attached hydrogens (tertiary/aromatic N) is 1. The summed E-state index contributed by atoms with van der Waals surface area (Å²) < 4.78 is 0. The molecule has 0 fully saturated rings. The Bertz CT molecular complexity index is 1500. The summed E-state index contributed by atoms with van der Waals surface area (Å²) in [6.45, 7) is 0. The molecule has 0 aromatic heterocycles. The number of hydrazone groups is 1. The third-order valence-corrected chi connectivity index (χ3v) is 6.70. The van der Waals surface area contributed by atoms with Crippen LogP contribution in [0.4, 0.5) is 0 Å². The third kappa shape index (κ3) is 6.88. The molecule has 4 nitrogen and oxygen atoms in total. The number of aromatic hydroxyl groups is 1. The van der Waals surface area contributed by atoms with Crippen molar-refractivity contribution in [3.05, 3.63) is 172 Å². The Morgan fingerprint density at radius 3 is 1.62 bits per heavy atom. The van der Waals surface area contributed by atoms with Crippen LogP contribution in [0.25, 0.3) is 0 Å². The van der Waals surface area contributed by atoms with E-state index in [0.29, 0.717) is 24.0 Å². The van der Waals surface area contributed by atoms with Crippen LogP contribution in [0.3, 0.4) is 0 Å². The molecule has 2 N–H and O–H groups in total. The number of amides is 1. The summed E-state index contributed by atoms with van der Waals surface area (Å²) in [6, 6.07) is 42.0. The third-order valence-electron chi connectivity index (χ3n) is 6.70. The molecule has 39 heavy (non-hydrogen) atoms. The van der Waals surface area contributed by atoms with Gasteiger partial charge in [0.1, 0.15) is 5.75 Å². The second-order valence-corrected chi connectivity index (χ2v) is 9.52. The average molecular weight is 511 g/mol. The van der Waals surface area contributed by atoms with Gasteiger partial charge in [0.15, 0.2) is 0 Å². The molecule has 0 aliphatic rings. The normalized spacial score (nSPS) is 11.0. The number of phenolic OH excluding ortho intramolecular Hbond substituents is 1. The van der Waals surface area contributed by atoms with Gasteiger partial charge in [-0.15, -0.1) is 0 Å². The fourth-order valence-electron chi connectivity index (χ4n) is 4.72. The maximum absolute atomic E-state index is 13.3. The van der Waals surface area contributed by atoms with Crippen LogP contribution in [-0.2, 0) is 19.3 Å². The van der Waals surface area contributed by atoms with Gasteiger partial charge in [-0.3, -0.25) is 4.79 Å². The molecule has 0 unspecified atom stereocenters. The summed E-state index contributed by atoms with van der Waals surface area (Å²) >= 11 is 0. The fraction of sp³-hybridized carbons (Fsp3) is 0.0857. The van der Waals surface area contributed by atoms with Gasteiger partial charge in [0.2, 0.25) is 0 Å². The van der Waals surface area contributed by atoms with Crippen LogP contribution in [0, 0.1) is 0 Å². The highest BCUT2D eigenvalue weighted by molar-refractivity contribution is 5.95. The van der Waals surface area contributed by atoms with Crippen LogP contribution in [0.2, 0.25) is 0 Å². The lowest BCUT2D eigenvalue weighted by Gasteiger charge is -2.18. The molecule has 0 spiro atoms. The van der Waals surface area contributed by atoms with Crippen molar-refractivity contribution in [3.63, 3.8) is 0 Å². The molecule has 1 amide bonds. The molecule has 5 aromatic rings. The van der Waals surface area contributed by atoms with Crippen LogP contribution in [0.1, 0.15) is 49.3 Å². The smallest absolute Gasteiger partial charge is 0.271 e. The van der Waals surface area contributed by atoms with Gasteiger partial charge >= 0.3 is 0 Å². The largest absolute Gasteiger partial charge is 0.507 e. The van der Waals surface area contributed by atoms with Crippen molar-refractivity contribution in [2.45, 2.75) is 19.3 Å². The van der Waals surface area contributed by atoms with E-state index in [1.54, 1.807) is 24.3 Å². The van der Waals surface area contributed by atoms with Crippen molar-refractivity contribution < 1.29 is 9.90 Å². The molecule has 0 aliphatic carbocycles. The lowest BCUT2D eigenvalue weighted by Crippen LogP contribution is -2.19. The lowest BCUT2D eigenvalue weighted by atomic mass is 9.87. The molecule has 0 aliphatic heterocycles. The van der Waals surface area contributed by atoms with E-state index in [2.05, 4.69) is 59.1 Å². The van der Waals surface area contributed by atoms with Gasteiger partial charge in [0, 0.05) is 11.1 Å². The van der Waals surface area contributed by atoms with Crippen LogP contribution in [0.15, 0.2) is 132 Å². The summed E-state index contributed by atoms with van der Waals surface area (Å²) in [5.74, 6) is -0.187. The number of hydrogen-bond acceptors (Lipinski definition) is 3. The molecular formula is C35H30N2O2. The number of carbonyl (C=O) groups excluding carboxylic acids is 1. The van der Waals surface area contributed by atoms with E-state index >= 15 is 0 Å². The first kappa shape index (κ1) is 25.7. The van der Waals surface area contributed by atoms with Crippen LogP contribution in [0.5, 0.6) is 5.75 Å². The van der Waals surface area contributed by atoms with E-state index < -0.39 is 0 Å². The highest BCUT2D eigenvalue weighted by Gasteiger charge is 2.16. The quantitative estimate of drug-likeness (QED) is 0.167. The van der Waals surface area contributed by atoms with E-state index in [0.717, 1.165) is 17.5 Å². The van der Waals surface area contributed by atoms with Crippen molar-refractivity contribution in [3.8, 4) is 5.75 Å². The molecule has 5 rings (SSSR count). The zero-order valence-electron chi connectivity index (χ0n) is 21.6. The van der Waals surface area contributed by atoms with E-state index in [1.165, 1.54) is 28.5 Å². The zero-order valence-corrected chi connectivity index (χ0v) is 21.6. The number of hydrogen-bond donors (Lipinski definition) is 2. The average Bonchev–Trinajstić information content (AvgIpc) is 2.97. The van der Waals surface area contributed by atoms with Crippen molar-refractivity contribution >= 4 is 12.1 Å². The van der Waals surface area contributed by atoms with Crippen LogP contribution in [-0.4, -0.2) is 17.2 Å². The number of phenols is 1. The van der Waals surface area contributed by atoms with Gasteiger partial charge in [-0.25, -0.2) is 5.43 Å². The Morgan fingerprint density at radius 2 is 1.10 bits per heavy atom. The molecule has 0 heterocycles. The summed E-state index contributed by atoms with van der Waals surface area (Å²) in [5, 5.41) is 14.1. The zero-order chi connectivity index (χ0) is 26.9. The Balaban J connectivity index is 1.54. The van der Waals surface area contributed by atoms with E-state index in [4.69, 9.17) is 0 Å². The summed E-state index contributed by atoms with van der Waals surface area (Å²) in [4.78, 5) is 13.3. The second-order valence-electron chi connectivity index (χ2n) is 9.52. The Hall–Kier alpha value is -4.96. The minimum atomic E-state index is -0.295. The number of nitrogens with one attached hydrogen (secondary N) is 1. The molecule has 192 valence electrons. The predicted octanol–water partition coefficient (Wildman–Crippen LogP) is 6.93.